The summed E-state index contributed by atoms with van der Waals surface area (Å²) in [5.41, 5.74) is 3.03. The molecular weight excluding hydrogens is 468 g/mol. The third-order valence-electron chi connectivity index (χ3n) is 6.31. The largest absolute Gasteiger partial charge is 0.497 e. The molecular formula is C30H36N2O5. The van der Waals surface area contributed by atoms with Crippen molar-refractivity contribution in [2.75, 3.05) is 27.9 Å². The minimum Gasteiger partial charge on any atom is -0.497 e. The minimum absolute atomic E-state index is 0.0674. The van der Waals surface area contributed by atoms with Gasteiger partial charge < -0.3 is 24.4 Å². The number of carbonyl (C=O) groups excluding carboxylic acids is 2. The van der Waals surface area contributed by atoms with Crippen LogP contribution >= 0.6 is 0 Å². The first kappa shape index (κ1) is 27.6. The van der Waals surface area contributed by atoms with Crippen LogP contribution in [-0.4, -0.2) is 50.6 Å². The quantitative estimate of drug-likeness (QED) is 0.373. The van der Waals surface area contributed by atoms with E-state index < -0.39 is 6.04 Å². The summed E-state index contributed by atoms with van der Waals surface area (Å²) < 4.78 is 15.9. The maximum atomic E-state index is 13.3. The lowest BCUT2D eigenvalue weighted by atomic mass is 10.1. The first-order chi connectivity index (χ1) is 17.9. The fourth-order valence-corrected chi connectivity index (χ4v) is 4.06. The fourth-order valence-electron chi connectivity index (χ4n) is 4.06. The number of rotatable bonds is 13. The SMILES string of the molecule is COc1ccc(CN(C(=O)CCc2ccccc2)C(C)C(=O)NCCc2ccc(OC)c(OC)c2)cc1. The highest BCUT2D eigenvalue weighted by Crippen LogP contribution is 2.27. The molecule has 1 atom stereocenters. The van der Waals surface area contributed by atoms with Gasteiger partial charge in [0, 0.05) is 19.5 Å². The standard InChI is InChI=1S/C30H36N2O5/c1-22(30(34)31-19-18-24-12-16-27(36-3)28(20-24)37-4)32(21-25-10-14-26(35-2)15-11-25)29(33)17-13-23-8-6-5-7-9-23/h5-12,14-16,20,22H,13,17-19,21H2,1-4H3,(H,31,34). The average Bonchev–Trinajstić information content (AvgIpc) is 2.94. The lowest BCUT2D eigenvalue weighted by Gasteiger charge is -2.29. The van der Waals surface area contributed by atoms with Crippen molar-refractivity contribution >= 4 is 11.8 Å². The molecule has 7 heteroatoms. The Kier molecular flexibility index (Phi) is 10.4. The molecule has 0 fully saturated rings. The molecule has 0 bridgehead atoms. The number of ether oxygens (including phenoxy) is 3. The molecule has 196 valence electrons. The summed E-state index contributed by atoms with van der Waals surface area (Å²) in [6, 6.07) is 22.5. The van der Waals surface area contributed by atoms with Gasteiger partial charge in [0.15, 0.2) is 11.5 Å². The van der Waals surface area contributed by atoms with Crippen LogP contribution in [0.1, 0.15) is 30.0 Å². The number of aryl methyl sites for hydroxylation is 1. The van der Waals surface area contributed by atoms with Crippen LogP contribution in [0.15, 0.2) is 72.8 Å². The molecule has 37 heavy (non-hydrogen) atoms. The van der Waals surface area contributed by atoms with Gasteiger partial charge in [0.05, 0.1) is 21.3 Å². The molecule has 0 aliphatic rings. The van der Waals surface area contributed by atoms with Gasteiger partial charge in [-0.15, -0.1) is 0 Å². The molecule has 1 unspecified atom stereocenters. The van der Waals surface area contributed by atoms with Gasteiger partial charge in [-0.05, 0) is 60.7 Å². The topological polar surface area (TPSA) is 77.1 Å². The smallest absolute Gasteiger partial charge is 0.242 e. The summed E-state index contributed by atoms with van der Waals surface area (Å²) >= 11 is 0. The summed E-state index contributed by atoms with van der Waals surface area (Å²) in [6.07, 6.45) is 1.56. The Hall–Kier alpha value is -4.00. The number of benzene rings is 3. The third kappa shape index (κ3) is 8.00. The molecule has 0 saturated heterocycles. The normalized spacial score (nSPS) is 11.4. The van der Waals surface area contributed by atoms with Crippen LogP contribution in [-0.2, 0) is 29.0 Å². The summed E-state index contributed by atoms with van der Waals surface area (Å²) in [7, 11) is 4.80. The van der Waals surface area contributed by atoms with Gasteiger partial charge >= 0.3 is 0 Å². The fraction of sp³-hybridized carbons (Fsp3) is 0.333. The molecule has 0 saturated carbocycles. The lowest BCUT2D eigenvalue weighted by Crippen LogP contribution is -2.48. The van der Waals surface area contributed by atoms with E-state index in [0.717, 1.165) is 22.4 Å². The van der Waals surface area contributed by atoms with Crippen LogP contribution in [0.4, 0.5) is 0 Å². The molecule has 0 aliphatic heterocycles. The van der Waals surface area contributed by atoms with Gasteiger partial charge in [0.2, 0.25) is 11.8 Å². The lowest BCUT2D eigenvalue weighted by molar-refractivity contribution is -0.140. The van der Waals surface area contributed by atoms with Crippen LogP contribution in [0.2, 0.25) is 0 Å². The molecule has 2 amide bonds. The van der Waals surface area contributed by atoms with Crippen molar-refractivity contribution < 1.29 is 23.8 Å². The monoisotopic (exact) mass is 504 g/mol. The second-order valence-corrected chi connectivity index (χ2v) is 8.76. The number of amides is 2. The Morgan fingerprint density at radius 1 is 0.784 bits per heavy atom. The molecule has 0 radical (unpaired) electrons. The highest BCUT2D eigenvalue weighted by atomic mass is 16.5. The first-order valence-electron chi connectivity index (χ1n) is 12.4. The Labute approximate surface area is 219 Å². The summed E-state index contributed by atoms with van der Waals surface area (Å²) in [4.78, 5) is 28.1. The average molecular weight is 505 g/mol. The maximum Gasteiger partial charge on any atom is 0.242 e. The molecule has 3 aromatic carbocycles. The molecule has 1 N–H and O–H groups in total. The van der Waals surface area contributed by atoms with Gasteiger partial charge in [-0.1, -0.05) is 48.5 Å². The minimum atomic E-state index is -0.629. The van der Waals surface area contributed by atoms with Crippen LogP contribution in [0.5, 0.6) is 17.2 Å². The van der Waals surface area contributed by atoms with Crippen molar-refractivity contribution in [3.8, 4) is 17.2 Å². The van der Waals surface area contributed by atoms with Crippen LogP contribution in [0.25, 0.3) is 0 Å². The highest BCUT2D eigenvalue weighted by molar-refractivity contribution is 5.87. The summed E-state index contributed by atoms with van der Waals surface area (Å²) in [5.74, 6) is 1.79. The van der Waals surface area contributed by atoms with Crippen molar-refractivity contribution in [1.82, 2.24) is 10.2 Å². The maximum absolute atomic E-state index is 13.3. The van der Waals surface area contributed by atoms with E-state index in [0.29, 0.717) is 43.9 Å². The molecule has 3 aromatic rings. The Morgan fingerprint density at radius 2 is 1.46 bits per heavy atom. The molecule has 0 heterocycles. The van der Waals surface area contributed by atoms with Crippen molar-refractivity contribution in [3.05, 3.63) is 89.5 Å². The van der Waals surface area contributed by atoms with Crippen molar-refractivity contribution in [1.29, 1.82) is 0 Å². The number of methoxy groups -OCH3 is 3. The van der Waals surface area contributed by atoms with Gasteiger partial charge in [0.25, 0.3) is 0 Å². The van der Waals surface area contributed by atoms with Gasteiger partial charge in [-0.3, -0.25) is 9.59 Å². The van der Waals surface area contributed by atoms with Gasteiger partial charge in [0.1, 0.15) is 11.8 Å². The number of nitrogens with one attached hydrogen (secondary N) is 1. The van der Waals surface area contributed by atoms with E-state index in [4.69, 9.17) is 14.2 Å². The van der Waals surface area contributed by atoms with E-state index >= 15 is 0 Å². The number of hydrogen-bond donors (Lipinski definition) is 1. The van der Waals surface area contributed by atoms with E-state index in [1.54, 1.807) is 33.2 Å². The Balaban J connectivity index is 1.65. The van der Waals surface area contributed by atoms with E-state index in [2.05, 4.69) is 5.32 Å². The van der Waals surface area contributed by atoms with Gasteiger partial charge in [-0.2, -0.15) is 0 Å². The molecule has 7 nitrogen and oxygen atoms in total. The van der Waals surface area contributed by atoms with Crippen LogP contribution in [0, 0.1) is 0 Å². The Bertz CT molecular complexity index is 1150. The zero-order valence-corrected chi connectivity index (χ0v) is 22.0. The Morgan fingerprint density at radius 3 is 2.11 bits per heavy atom. The number of hydrogen-bond acceptors (Lipinski definition) is 5. The molecule has 0 aliphatic carbocycles. The van der Waals surface area contributed by atoms with E-state index in [-0.39, 0.29) is 11.8 Å². The molecule has 3 rings (SSSR count). The number of carbonyl (C=O) groups is 2. The second kappa shape index (κ2) is 13.9. The summed E-state index contributed by atoms with van der Waals surface area (Å²) in [5, 5.41) is 2.99. The third-order valence-corrected chi connectivity index (χ3v) is 6.31. The van der Waals surface area contributed by atoms with E-state index in [1.165, 1.54) is 0 Å². The van der Waals surface area contributed by atoms with Crippen molar-refractivity contribution in [2.24, 2.45) is 0 Å². The van der Waals surface area contributed by atoms with E-state index in [9.17, 15) is 9.59 Å². The first-order valence-corrected chi connectivity index (χ1v) is 12.4. The zero-order chi connectivity index (χ0) is 26.6. The molecule has 0 spiro atoms. The van der Waals surface area contributed by atoms with Crippen LogP contribution < -0.4 is 19.5 Å². The predicted octanol–water partition coefficient (Wildman–Crippen LogP) is 4.42. The second-order valence-electron chi connectivity index (χ2n) is 8.76. The zero-order valence-electron chi connectivity index (χ0n) is 22.0. The van der Waals surface area contributed by atoms with Gasteiger partial charge in [-0.25, -0.2) is 0 Å². The van der Waals surface area contributed by atoms with Crippen LogP contribution in [0.3, 0.4) is 0 Å². The van der Waals surface area contributed by atoms with Crippen molar-refractivity contribution in [2.45, 2.75) is 38.8 Å². The summed E-state index contributed by atoms with van der Waals surface area (Å²) in [6.45, 7) is 2.55. The highest BCUT2D eigenvalue weighted by Gasteiger charge is 2.26. The van der Waals surface area contributed by atoms with E-state index in [1.807, 2.05) is 72.8 Å². The van der Waals surface area contributed by atoms with Crippen molar-refractivity contribution in [3.63, 3.8) is 0 Å². The predicted molar refractivity (Wildman–Crippen MR) is 144 cm³/mol. The number of nitrogens with zero attached hydrogens (tertiary/aromatic N) is 1. The molecule has 0 aromatic heterocycles.